The molecule has 0 N–H and O–H groups in total. The summed E-state index contributed by atoms with van der Waals surface area (Å²) < 4.78 is 22.4. The van der Waals surface area contributed by atoms with E-state index in [1.807, 2.05) is 44.2 Å². The average Bonchev–Trinajstić information content (AvgIpc) is 2.86. The lowest BCUT2D eigenvalue weighted by Gasteiger charge is -2.29. The second-order valence-electron chi connectivity index (χ2n) is 5.95. The highest BCUT2D eigenvalue weighted by molar-refractivity contribution is 5.99. The van der Waals surface area contributed by atoms with E-state index in [-0.39, 0.29) is 0 Å². The summed E-state index contributed by atoms with van der Waals surface area (Å²) in [6.07, 6.45) is -1.22. The first-order chi connectivity index (χ1) is 10.5. The first kappa shape index (κ1) is 13.5. The molecule has 1 saturated heterocycles. The summed E-state index contributed by atoms with van der Waals surface area (Å²) >= 11 is 0. The lowest BCUT2D eigenvalue weighted by molar-refractivity contribution is -0.180. The molecule has 2 aliphatic rings. The van der Waals surface area contributed by atoms with E-state index in [0.29, 0.717) is 17.9 Å². The minimum Gasteiger partial charge on any atom is -0.451 e. The zero-order valence-corrected chi connectivity index (χ0v) is 12.4. The summed E-state index contributed by atoms with van der Waals surface area (Å²) in [4.78, 5) is 12.3. The fourth-order valence-electron chi connectivity index (χ4n) is 2.80. The number of hydrogen-bond donors (Lipinski definition) is 0. The molecule has 2 atom stereocenters. The van der Waals surface area contributed by atoms with Gasteiger partial charge in [-0.1, -0.05) is 24.3 Å². The van der Waals surface area contributed by atoms with Gasteiger partial charge in [0.25, 0.3) is 6.29 Å². The topological polar surface area (TPSA) is 54.0 Å². The summed E-state index contributed by atoms with van der Waals surface area (Å²) in [5.41, 5.74) is 0.438. The zero-order chi connectivity index (χ0) is 15.3. The third-order valence-corrected chi connectivity index (χ3v) is 3.87. The minimum absolute atomic E-state index is 0.327. The molecular weight excluding hydrogens is 284 g/mol. The molecule has 0 saturated carbocycles. The highest BCUT2D eigenvalue weighted by atomic mass is 16.8. The SMILES string of the molecule is CC1(C)OC[C@H]([C@@H]2OC(=O)c3cc4ccccc4cc3O2)O1. The monoisotopic (exact) mass is 300 g/mol. The van der Waals surface area contributed by atoms with Gasteiger partial charge in [0.05, 0.1) is 6.61 Å². The van der Waals surface area contributed by atoms with Crippen LogP contribution in [0.4, 0.5) is 0 Å². The smallest absolute Gasteiger partial charge is 0.345 e. The number of cyclic esters (lactones) is 1. The van der Waals surface area contributed by atoms with Crippen LogP contribution in [0.25, 0.3) is 10.8 Å². The molecule has 2 aromatic rings. The van der Waals surface area contributed by atoms with E-state index in [9.17, 15) is 4.79 Å². The van der Waals surface area contributed by atoms with Crippen molar-refractivity contribution in [3.63, 3.8) is 0 Å². The molecule has 5 nitrogen and oxygen atoms in total. The fourth-order valence-corrected chi connectivity index (χ4v) is 2.80. The largest absolute Gasteiger partial charge is 0.451 e. The van der Waals surface area contributed by atoms with Crippen LogP contribution in [0.15, 0.2) is 36.4 Å². The summed E-state index contributed by atoms with van der Waals surface area (Å²) in [7, 11) is 0. The molecule has 22 heavy (non-hydrogen) atoms. The van der Waals surface area contributed by atoms with E-state index >= 15 is 0 Å². The molecule has 2 aliphatic heterocycles. The van der Waals surface area contributed by atoms with Gasteiger partial charge in [0.1, 0.15) is 11.3 Å². The van der Waals surface area contributed by atoms with Gasteiger partial charge in [-0.05, 0) is 36.8 Å². The maximum Gasteiger partial charge on any atom is 0.345 e. The normalized spacial score (nSPS) is 26.4. The van der Waals surface area contributed by atoms with Gasteiger partial charge in [-0.25, -0.2) is 4.79 Å². The van der Waals surface area contributed by atoms with Crippen molar-refractivity contribution in [2.45, 2.75) is 32.0 Å². The number of hydrogen-bond acceptors (Lipinski definition) is 5. The van der Waals surface area contributed by atoms with E-state index in [1.165, 1.54) is 0 Å². The Balaban J connectivity index is 1.68. The standard InChI is InChI=1S/C17H16O5/c1-17(2)19-9-14(22-17)16-20-13-8-11-6-4-3-5-10(11)7-12(13)15(18)21-16/h3-8,14,16H,9H2,1-2H3/t14-,16+/m1/s1. The first-order valence-electron chi connectivity index (χ1n) is 7.24. The van der Waals surface area contributed by atoms with Gasteiger partial charge in [0.15, 0.2) is 11.9 Å². The van der Waals surface area contributed by atoms with Crippen LogP contribution in [0.5, 0.6) is 5.75 Å². The zero-order valence-electron chi connectivity index (χ0n) is 12.4. The van der Waals surface area contributed by atoms with Crippen molar-refractivity contribution in [2.24, 2.45) is 0 Å². The number of ether oxygens (including phenoxy) is 4. The van der Waals surface area contributed by atoms with E-state index in [1.54, 1.807) is 6.07 Å². The number of carbonyl (C=O) groups excluding carboxylic acids is 1. The van der Waals surface area contributed by atoms with Gasteiger partial charge in [-0.2, -0.15) is 0 Å². The molecule has 0 bridgehead atoms. The van der Waals surface area contributed by atoms with Crippen LogP contribution >= 0.6 is 0 Å². The third-order valence-electron chi connectivity index (χ3n) is 3.87. The molecule has 114 valence electrons. The quantitative estimate of drug-likeness (QED) is 0.758. The Morgan fingerprint density at radius 1 is 1.09 bits per heavy atom. The first-order valence-corrected chi connectivity index (χ1v) is 7.24. The van der Waals surface area contributed by atoms with Crippen molar-refractivity contribution in [1.82, 2.24) is 0 Å². The van der Waals surface area contributed by atoms with Gasteiger partial charge in [0.2, 0.25) is 0 Å². The van der Waals surface area contributed by atoms with E-state index < -0.39 is 24.2 Å². The summed E-state index contributed by atoms with van der Waals surface area (Å²) in [6, 6.07) is 11.5. The Hall–Kier alpha value is -2.11. The van der Waals surface area contributed by atoms with Crippen LogP contribution in [0, 0.1) is 0 Å². The number of esters is 1. The fraction of sp³-hybridized carbons (Fsp3) is 0.353. The van der Waals surface area contributed by atoms with E-state index in [2.05, 4.69) is 0 Å². The van der Waals surface area contributed by atoms with E-state index in [0.717, 1.165) is 10.8 Å². The van der Waals surface area contributed by atoms with Gasteiger partial charge in [-0.15, -0.1) is 0 Å². The molecule has 0 aromatic heterocycles. The Morgan fingerprint density at radius 3 is 2.50 bits per heavy atom. The lowest BCUT2D eigenvalue weighted by Crippen LogP contribution is -2.41. The molecule has 5 heteroatoms. The van der Waals surface area contributed by atoms with Crippen molar-refractivity contribution >= 4 is 16.7 Å². The number of rotatable bonds is 1. The van der Waals surface area contributed by atoms with Crippen molar-refractivity contribution < 1.29 is 23.7 Å². The van der Waals surface area contributed by atoms with Gasteiger partial charge in [-0.3, -0.25) is 0 Å². The highest BCUT2D eigenvalue weighted by Gasteiger charge is 2.43. The summed E-state index contributed by atoms with van der Waals surface area (Å²) in [5.74, 6) is -0.567. The summed E-state index contributed by atoms with van der Waals surface area (Å²) in [5, 5.41) is 1.99. The van der Waals surface area contributed by atoms with Crippen LogP contribution in [0.1, 0.15) is 24.2 Å². The second kappa shape index (κ2) is 4.69. The molecule has 2 heterocycles. The van der Waals surface area contributed by atoms with Gasteiger partial charge in [0, 0.05) is 0 Å². The minimum atomic E-state index is -0.789. The molecular formula is C17H16O5. The third kappa shape index (κ3) is 2.23. The van der Waals surface area contributed by atoms with Crippen molar-refractivity contribution in [3.05, 3.63) is 42.0 Å². The van der Waals surface area contributed by atoms with Crippen LogP contribution < -0.4 is 4.74 Å². The maximum absolute atomic E-state index is 12.3. The molecule has 0 spiro atoms. The molecule has 0 amide bonds. The number of benzene rings is 2. The average molecular weight is 300 g/mol. The molecule has 0 radical (unpaired) electrons. The van der Waals surface area contributed by atoms with Gasteiger partial charge >= 0.3 is 5.97 Å². The predicted molar refractivity (Wildman–Crippen MR) is 78.7 cm³/mol. The number of fused-ring (bicyclic) bond motifs is 2. The van der Waals surface area contributed by atoms with Crippen LogP contribution in [-0.4, -0.2) is 30.8 Å². The Labute approximate surface area is 127 Å². The molecule has 1 fully saturated rings. The lowest BCUT2D eigenvalue weighted by atomic mass is 10.1. The van der Waals surface area contributed by atoms with Crippen molar-refractivity contribution in [3.8, 4) is 5.75 Å². The highest BCUT2D eigenvalue weighted by Crippen LogP contribution is 2.34. The number of carbonyl (C=O) groups is 1. The Morgan fingerprint density at radius 2 is 1.82 bits per heavy atom. The Kier molecular flexibility index (Phi) is 2.89. The van der Waals surface area contributed by atoms with E-state index in [4.69, 9.17) is 18.9 Å². The van der Waals surface area contributed by atoms with Crippen molar-refractivity contribution in [2.75, 3.05) is 6.61 Å². The van der Waals surface area contributed by atoms with Crippen molar-refractivity contribution in [1.29, 1.82) is 0 Å². The van der Waals surface area contributed by atoms with Gasteiger partial charge < -0.3 is 18.9 Å². The van der Waals surface area contributed by atoms with Crippen LogP contribution in [0.3, 0.4) is 0 Å². The molecule has 4 rings (SSSR count). The Bertz CT molecular complexity index is 752. The molecule has 0 aliphatic carbocycles. The molecule has 2 aromatic carbocycles. The molecule has 0 unspecified atom stereocenters. The summed E-state index contributed by atoms with van der Waals surface area (Å²) in [6.45, 7) is 3.96. The maximum atomic E-state index is 12.3. The van der Waals surface area contributed by atoms with Crippen LogP contribution in [0.2, 0.25) is 0 Å². The van der Waals surface area contributed by atoms with Crippen LogP contribution in [-0.2, 0) is 14.2 Å². The second-order valence-corrected chi connectivity index (χ2v) is 5.95. The predicted octanol–water partition coefficient (Wildman–Crippen LogP) is 2.87.